The normalized spacial score (nSPS) is 16.6. The van der Waals surface area contributed by atoms with Gasteiger partial charge in [-0.1, -0.05) is 6.07 Å². The first-order chi connectivity index (χ1) is 8.00. The summed E-state index contributed by atoms with van der Waals surface area (Å²) in [5.41, 5.74) is 1.03. The number of aryl methyl sites for hydroxylation is 1. The molecule has 0 unspecified atom stereocenters. The lowest BCUT2D eigenvalue weighted by Gasteiger charge is -2.31. The Morgan fingerprint density at radius 2 is 1.88 bits per heavy atom. The maximum Gasteiger partial charge on any atom is 0.316 e. The molecule has 0 bridgehead atoms. The number of carbonyl (C=O) groups excluding carboxylic acids is 2. The highest BCUT2D eigenvalue weighted by molar-refractivity contribution is 6.40. The zero-order chi connectivity index (χ0) is 12.6. The van der Waals surface area contributed by atoms with Crippen molar-refractivity contribution in [3.05, 3.63) is 29.6 Å². The summed E-state index contributed by atoms with van der Waals surface area (Å²) in [6.07, 6.45) is 0. The first kappa shape index (κ1) is 11.6. The lowest BCUT2D eigenvalue weighted by Crippen LogP contribution is -2.53. The minimum Gasteiger partial charge on any atom is -0.336 e. The highest BCUT2D eigenvalue weighted by atomic mass is 19.1. The molecular formula is C12H13FN2O2. The second-order valence-corrected chi connectivity index (χ2v) is 4.14. The third-order valence-corrected chi connectivity index (χ3v) is 2.83. The van der Waals surface area contributed by atoms with Crippen molar-refractivity contribution in [3.8, 4) is 0 Å². The van der Waals surface area contributed by atoms with E-state index in [9.17, 15) is 14.0 Å². The van der Waals surface area contributed by atoms with Gasteiger partial charge < -0.3 is 4.90 Å². The van der Waals surface area contributed by atoms with E-state index in [0.717, 1.165) is 5.56 Å². The fraction of sp³-hybridized carbons (Fsp3) is 0.333. The summed E-state index contributed by atoms with van der Waals surface area (Å²) < 4.78 is 13.6. The molecule has 2 rings (SSSR count). The van der Waals surface area contributed by atoms with Crippen LogP contribution in [0.3, 0.4) is 0 Å². The Hall–Kier alpha value is -1.91. The van der Waals surface area contributed by atoms with E-state index in [1.54, 1.807) is 19.2 Å². The van der Waals surface area contributed by atoms with Gasteiger partial charge in [0.2, 0.25) is 0 Å². The van der Waals surface area contributed by atoms with Crippen LogP contribution >= 0.6 is 0 Å². The number of nitrogens with zero attached hydrogens (tertiary/aromatic N) is 2. The largest absolute Gasteiger partial charge is 0.336 e. The molecule has 90 valence electrons. The summed E-state index contributed by atoms with van der Waals surface area (Å²) in [5.74, 6) is -1.76. The van der Waals surface area contributed by atoms with Crippen molar-refractivity contribution in [2.24, 2.45) is 0 Å². The van der Waals surface area contributed by atoms with Gasteiger partial charge in [0, 0.05) is 20.1 Å². The Morgan fingerprint density at radius 3 is 2.59 bits per heavy atom. The molecule has 1 aliphatic rings. The number of anilines is 1. The topological polar surface area (TPSA) is 40.6 Å². The Kier molecular flexibility index (Phi) is 2.83. The molecule has 0 saturated carbocycles. The van der Waals surface area contributed by atoms with Gasteiger partial charge in [-0.15, -0.1) is 0 Å². The van der Waals surface area contributed by atoms with Crippen LogP contribution in [-0.2, 0) is 9.59 Å². The lowest BCUT2D eigenvalue weighted by molar-refractivity contribution is -0.145. The van der Waals surface area contributed by atoms with Crippen LogP contribution in [0.5, 0.6) is 0 Å². The maximum absolute atomic E-state index is 13.6. The summed E-state index contributed by atoms with van der Waals surface area (Å²) in [4.78, 5) is 25.8. The smallest absolute Gasteiger partial charge is 0.316 e. The van der Waals surface area contributed by atoms with Gasteiger partial charge in [-0.3, -0.25) is 14.5 Å². The number of carbonyl (C=O) groups is 2. The predicted octanol–water partition coefficient (Wildman–Crippen LogP) is 0.939. The van der Waals surface area contributed by atoms with Crippen LogP contribution in [0.2, 0.25) is 0 Å². The number of piperazine rings is 1. The van der Waals surface area contributed by atoms with Crippen molar-refractivity contribution in [2.75, 3.05) is 25.0 Å². The van der Waals surface area contributed by atoms with Crippen molar-refractivity contribution in [2.45, 2.75) is 6.92 Å². The van der Waals surface area contributed by atoms with Crippen molar-refractivity contribution in [1.82, 2.24) is 4.90 Å². The van der Waals surface area contributed by atoms with E-state index >= 15 is 0 Å². The molecule has 0 atom stereocenters. The third-order valence-electron chi connectivity index (χ3n) is 2.83. The van der Waals surface area contributed by atoms with Gasteiger partial charge in [-0.05, 0) is 24.6 Å². The number of hydrogen-bond donors (Lipinski definition) is 0. The molecule has 1 saturated heterocycles. The SMILES string of the molecule is Cc1ccc(F)c(N2CCN(C)C(=O)C2=O)c1. The summed E-state index contributed by atoms with van der Waals surface area (Å²) >= 11 is 0. The molecule has 5 heteroatoms. The van der Waals surface area contributed by atoms with E-state index in [1.165, 1.54) is 15.9 Å². The Balaban J connectivity index is 2.37. The summed E-state index contributed by atoms with van der Waals surface area (Å²) in [6, 6.07) is 4.51. The molecule has 0 radical (unpaired) electrons. The number of likely N-dealkylation sites (N-methyl/N-ethyl adjacent to an activating group) is 1. The highest BCUT2D eigenvalue weighted by Crippen LogP contribution is 2.22. The molecule has 17 heavy (non-hydrogen) atoms. The number of hydrogen-bond acceptors (Lipinski definition) is 2. The van der Waals surface area contributed by atoms with Gasteiger partial charge in [0.25, 0.3) is 0 Å². The summed E-state index contributed by atoms with van der Waals surface area (Å²) in [7, 11) is 1.56. The molecule has 0 N–H and O–H groups in total. The van der Waals surface area contributed by atoms with Crippen LogP contribution in [0, 0.1) is 12.7 Å². The number of benzene rings is 1. The van der Waals surface area contributed by atoms with Crippen LogP contribution in [0.15, 0.2) is 18.2 Å². The molecular weight excluding hydrogens is 223 g/mol. The molecule has 1 aliphatic heterocycles. The Labute approximate surface area is 98.6 Å². The first-order valence-electron chi connectivity index (χ1n) is 5.34. The zero-order valence-corrected chi connectivity index (χ0v) is 9.74. The van der Waals surface area contributed by atoms with Crippen LogP contribution in [0.25, 0.3) is 0 Å². The molecule has 1 aromatic carbocycles. The van der Waals surface area contributed by atoms with Crippen molar-refractivity contribution < 1.29 is 14.0 Å². The molecule has 0 aliphatic carbocycles. The van der Waals surface area contributed by atoms with Crippen LogP contribution in [0.1, 0.15) is 5.56 Å². The van der Waals surface area contributed by atoms with Gasteiger partial charge in [0.1, 0.15) is 5.82 Å². The highest BCUT2D eigenvalue weighted by Gasteiger charge is 2.32. The zero-order valence-electron chi connectivity index (χ0n) is 9.74. The first-order valence-corrected chi connectivity index (χ1v) is 5.34. The second kappa shape index (κ2) is 4.16. The van der Waals surface area contributed by atoms with Crippen molar-refractivity contribution >= 4 is 17.5 Å². The number of halogens is 1. The molecule has 0 aromatic heterocycles. The van der Waals surface area contributed by atoms with Crippen LogP contribution in [-0.4, -0.2) is 36.9 Å². The molecule has 2 amide bonds. The number of rotatable bonds is 1. The van der Waals surface area contributed by atoms with Crippen molar-refractivity contribution in [3.63, 3.8) is 0 Å². The number of amides is 2. The van der Waals surface area contributed by atoms with Gasteiger partial charge in [0.05, 0.1) is 5.69 Å². The van der Waals surface area contributed by atoms with E-state index < -0.39 is 17.6 Å². The van der Waals surface area contributed by atoms with Gasteiger partial charge >= 0.3 is 11.8 Å². The standard InChI is InChI=1S/C12H13FN2O2/c1-8-3-4-9(13)10(7-8)15-6-5-14(2)11(16)12(15)17/h3-4,7H,5-6H2,1-2H3. The van der Waals surface area contributed by atoms with E-state index in [0.29, 0.717) is 13.1 Å². The van der Waals surface area contributed by atoms with E-state index in [1.807, 2.05) is 6.92 Å². The molecule has 1 fully saturated rings. The fourth-order valence-corrected chi connectivity index (χ4v) is 1.79. The second-order valence-electron chi connectivity index (χ2n) is 4.14. The van der Waals surface area contributed by atoms with E-state index in [4.69, 9.17) is 0 Å². The lowest BCUT2D eigenvalue weighted by atomic mass is 10.1. The maximum atomic E-state index is 13.6. The summed E-state index contributed by atoms with van der Waals surface area (Å²) in [5, 5.41) is 0. The minimum absolute atomic E-state index is 0.177. The van der Waals surface area contributed by atoms with Gasteiger partial charge in [-0.2, -0.15) is 0 Å². The van der Waals surface area contributed by atoms with Crippen LogP contribution < -0.4 is 4.90 Å². The average Bonchev–Trinajstić information content (AvgIpc) is 2.30. The quantitative estimate of drug-likeness (QED) is 0.681. The molecule has 4 nitrogen and oxygen atoms in total. The van der Waals surface area contributed by atoms with E-state index in [-0.39, 0.29) is 5.69 Å². The molecule has 1 heterocycles. The fourth-order valence-electron chi connectivity index (χ4n) is 1.79. The molecule has 1 aromatic rings. The van der Waals surface area contributed by atoms with Crippen molar-refractivity contribution in [1.29, 1.82) is 0 Å². The monoisotopic (exact) mass is 236 g/mol. The third kappa shape index (κ3) is 2.00. The minimum atomic E-state index is -0.678. The van der Waals surface area contributed by atoms with Crippen LogP contribution in [0.4, 0.5) is 10.1 Å². The summed E-state index contributed by atoms with van der Waals surface area (Å²) in [6.45, 7) is 2.55. The Morgan fingerprint density at radius 1 is 1.18 bits per heavy atom. The van der Waals surface area contributed by atoms with Gasteiger partial charge in [-0.25, -0.2) is 4.39 Å². The Bertz CT molecular complexity index is 487. The average molecular weight is 236 g/mol. The van der Waals surface area contributed by atoms with Gasteiger partial charge in [0.15, 0.2) is 0 Å². The molecule has 0 spiro atoms. The van der Waals surface area contributed by atoms with E-state index in [2.05, 4.69) is 0 Å². The predicted molar refractivity (Wildman–Crippen MR) is 61.1 cm³/mol.